The third-order valence-corrected chi connectivity index (χ3v) is 2.78. The fourth-order valence-corrected chi connectivity index (χ4v) is 1.83. The molecular formula is C11H19N3O5. The van der Waals surface area contributed by atoms with E-state index in [-0.39, 0.29) is 6.10 Å². The number of ether oxygens (including phenoxy) is 1. The van der Waals surface area contributed by atoms with E-state index in [4.69, 9.17) is 15.6 Å². The minimum atomic E-state index is -1.31. The maximum atomic E-state index is 11.4. The summed E-state index contributed by atoms with van der Waals surface area (Å²) in [5.74, 6) is -2.08. The molecule has 1 fully saturated rings. The van der Waals surface area contributed by atoms with Gasteiger partial charge in [0.15, 0.2) is 0 Å². The Kier molecular flexibility index (Phi) is 6.07. The zero-order valence-electron chi connectivity index (χ0n) is 10.6. The quantitative estimate of drug-likeness (QED) is 0.481. The summed E-state index contributed by atoms with van der Waals surface area (Å²) in [6, 6.07) is -1.94. The van der Waals surface area contributed by atoms with Gasteiger partial charge in [-0.25, -0.2) is 9.59 Å². The summed E-state index contributed by atoms with van der Waals surface area (Å²) in [6.07, 6.45) is 2.40. The average molecular weight is 273 g/mol. The van der Waals surface area contributed by atoms with E-state index in [1.165, 1.54) is 0 Å². The van der Waals surface area contributed by atoms with Gasteiger partial charge >= 0.3 is 12.0 Å². The molecule has 3 amide bonds. The van der Waals surface area contributed by atoms with Crippen LogP contribution in [0.4, 0.5) is 4.79 Å². The van der Waals surface area contributed by atoms with E-state index in [0.717, 1.165) is 19.4 Å². The molecule has 1 aliphatic heterocycles. The first kappa shape index (κ1) is 15.2. The molecule has 5 N–H and O–H groups in total. The van der Waals surface area contributed by atoms with Crippen molar-refractivity contribution >= 4 is 17.9 Å². The molecule has 0 aromatic heterocycles. The van der Waals surface area contributed by atoms with Crippen LogP contribution in [0.1, 0.15) is 25.7 Å². The predicted octanol–water partition coefficient (Wildman–Crippen LogP) is -0.817. The van der Waals surface area contributed by atoms with Gasteiger partial charge in [-0.2, -0.15) is 0 Å². The maximum absolute atomic E-state index is 11.4. The van der Waals surface area contributed by atoms with Crippen LogP contribution in [0.3, 0.4) is 0 Å². The lowest BCUT2D eigenvalue weighted by Gasteiger charge is -2.14. The van der Waals surface area contributed by atoms with Crippen molar-refractivity contribution in [2.75, 3.05) is 13.2 Å². The van der Waals surface area contributed by atoms with Gasteiger partial charge in [-0.05, 0) is 19.3 Å². The first-order valence-corrected chi connectivity index (χ1v) is 6.16. The molecule has 0 bridgehead atoms. The normalized spacial score (nSPS) is 19.7. The largest absolute Gasteiger partial charge is 0.480 e. The molecule has 0 spiro atoms. The van der Waals surface area contributed by atoms with Crippen molar-refractivity contribution in [3.05, 3.63) is 0 Å². The number of carboxylic acid groups (broad SMARTS) is 1. The molecule has 1 saturated heterocycles. The number of carbonyl (C=O) groups excluding carboxylic acids is 2. The van der Waals surface area contributed by atoms with E-state index < -0.39 is 30.4 Å². The van der Waals surface area contributed by atoms with Crippen LogP contribution in [-0.2, 0) is 14.3 Å². The van der Waals surface area contributed by atoms with Crippen LogP contribution in [-0.4, -0.2) is 48.3 Å². The second-order valence-corrected chi connectivity index (χ2v) is 4.39. The van der Waals surface area contributed by atoms with E-state index >= 15 is 0 Å². The minimum absolute atomic E-state index is 0.154. The Bertz CT molecular complexity index is 341. The Morgan fingerprint density at radius 2 is 2.16 bits per heavy atom. The first-order chi connectivity index (χ1) is 8.99. The van der Waals surface area contributed by atoms with Crippen LogP contribution in [0.15, 0.2) is 0 Å². The van der Waals surface area contributed by atoms with Gasteiger partial charge in [0.25, 0.3) is 0 Å². The van der Waals surface area contributed by atoms with Gasteiger partial charge in [-0.1, -0.05) is 0 Å². The number of rotatable bonds is 7. The number of carbonyl (C=O) groups is 3. The summed E-state index contributed by atoms with van der Waals surface area (Å²) in [5.41, 5.74) is 4.90. The van der Waals surface area contributed by atoms with Gasteiger partial charge in [0.2, 0.25) is 5.91 Å². The number of amides is 3. The lowest BCUT2D eigenvalue weighted by molar-refractivity contribution is -0.140. The number of hydrogen-bond acceptors (Lipinski definition) is 4. The first-order valence-electron chi connectivity index (χ1n) is 6.16. The lowest BCUT2D eigenvalue weighted by atomic mass is 10.2. The lowest BCUT2D eigenvalue weighted by Crippen LogP contribution is -2.48. The van der Waals surface area contributed by atoms with Gasteiger partial charge in [-0.15, -0.1) is 0 Å². The highest BCUT2D eigenvalue weighted by atomic mass is 16.5. The molecule has 2 atom stereocenters. The van der Waals surface area contributed by atoms with Crippen molar-refractivity contribution in [1.29, 1.82) is 0 Å². The summed E-state index contributed by atoms with van der Waals surface area (Å²) in [6.45, 7) is 1.13. The molecule has 2 unspecified atom stereocenters. The molecule has 8 nitrogen and oxygen atoms in total. The topological polar surface area (TPSA) is 131 Å². The standard InChI is InChI=1S/C11H19N3O5/c12-9(15)6-8(10(16)17)14-11(18)13-4-3-7-2-1-5-19-7/h7-8H,1-6H2,(H2,12,15)(H,16,17)(H2,13,14,18). The third kappa shape index (κ3) is 6.05. The Morgan fingerprint density at radius 3 is 2.68 bits per heavy atom. The number of aliphatic carboxylic acids is 1. The van der Waals surface area contributed by atoms with Gasteiger partial charge in [0, 0.05) is 13.2 Å². The molecular weight excluding hydrogens is 254 g/mol. The van der Waals surface area contributed by atoms with Crippen LogP contribution in [0, 0.1) is 0 Å². The van der Waals surface area contributed by atoms with E-state index in [9.17, 15) is 14.4 Å². The van der Waals surface area contributed by atoms with Gasteiger partial charge in [0.1, 0.15) is 6.04 Å². The van der Waals surface area contributed by atoms with Crippen LogP contribution < -0.4 is 16.4 Å². The van der Waals surface area contributed by atoms with Gasteiger partial charge < -0.3 is 26.2 Å². The van der Waals surface area contributed by atoms with E-state index in [0.29, 0.717) is 13.0 Å². The van der Waals surface area contributed by atoms with Gasteiger partial charge in [-0.3, -0.25) is 4.79 Å². The fourth-order valence-electron chi connectivity index (χ4n) is 1.83. The second-order valence-electron chi connectivity index (χ2n) is 4.39. The summed E-state index contributed by atoms with van der Waals surface area (Å²) in [7, 11) is 0. The Morgan fingerprint density at radius 1 is 1.42 bits per heavy atom. The molecule has 0 saturated carbocycles. The van der Waals surface area contributed by atoms with Crippen molar-refractivity contribution in [2.24, 2.45) is 5.73 Å². The summed E-state index contributed by atoms with van der Waals surface area (Å²) < 4.78 is 5.38. The number of urea groups is 1. The third-order valence-electron chi connectivity index (χ3n) is 2.78. The Hall–Kier alpha value is -1.83. The number of nitrogens with two attached hydrogens (primary N) is 1. The van der Waals surface area contributed by atoms with Crippen LogP contribution in [0.2, 0.25) is 0 Å². The zero-order chi connectivity index (χ0) is 14.3. The molecule has 0 aromatic carbocycles. The SMILES string of the molecule is NC(=O)CC(NC(=O)NCCC1CCCO1)C(=O)O. The minimum Gasteiger partial charge on any atom is -0.480 e. The molecule has 0 aliphatic carbocycles. The molecule has 8 heteroatoms. The number of nitrogens with one attached hydrogen (secondary N) is 2. The average Bonchev–Trinajstić information content (AvgIpc) is 2.80. The molecule has 1 rings (SSSR count). The molecule has 0 radical (unpaired) electrons. The highest BCUT2D eigenvalue weighted by molar-refractivity contribution is 5.87. The van der Waals surface area contributed by atoms with Crippen molar-refractivity contribution in [1.82, 2.24) is 10.6 Å². The van der Waals surface area contributed by atoms with E-state index in [2.05, 4.69) is 10.6 Å². The highest BCUT2D eigenvalue weighted by Gasteiger charge is 2.22. The Balaban J connectivity index is 2.23. The molecule has 1 heterocycles. The van der Waals surface area contributed by atoms with Gasteiger partial charge in [0.05, 0.1) is 12.5 Å². The van der Waals surface area contributed by atoms with Crippen LogP contribution >= 0.6 is 0 Å². The molecule has 19 heavy (non-hydrogen) atoms. The molecule has 0 aromatic rings. The van der Waals surface area contributed by atoms with Crippen LogP contribution in [0.5, 0.6) is 0 Å². The smallest absolute Gasteiger partial charge is 0.326 e. The van der Waals surface area contributed by atoms with Crippen molar-refractivity contribution in [2.45, 2.75) is 37.8 Å². The summed E-state index contributed by atoms with van der Waals surface area (Å²) >= 11 is 0. The van der Waals surface area contributed by atoms with E-state index in [1.807, 2.05) is 0 Å². The molecule has 1 aliphatic rings. The zero-order valence-corrected chi connectivity index (χ0v) is 10.6. The van der Waals surface area contributed by atoms with Crippen molar-refractivity contribution in [3.8, 4) is 0 Å². The second kappa shape index (κ2) is 7.57. The highest BCUT2D eigenvalue weighted by Crippen LogP contribution is 2.14. The van der Waals surface area contributed by atoms with Crippen molar-refractivity contribution < 1.29 is 24.2 Å². The summed E-state index contributed by atoms with van der Waals surface area (Å²) in [5, 5.41) is 13.5. The molecule has 108 valence electrons. The number of carboxylic acids is 1. The van der Waals surface area contributed by atoms with E-state index in [1.54, 1.807) is 0 Å². The number of hydrogen-bond donors (Lipinski definition) is 4. The predicted molar refractivity (Wildman–Crippen MR) is 65.4 cm³/mol. The van der Waals surface area contributed by atoms with Crippen LogP contribution in [0.25, 0.3) is 0 Å². The number of primary amides is 1. The van der Waals surface area contributed by atoms with Crippen molar-refractivity contribution in [3.63, 3.8) is 0 Å². The fraction of sp³-hybridized carbons (Fsp3) is 0.727. The monoisotopic (exact) mass is 273 g/mol. The Labute approximate surface area is 110 Å². The summed E-state index contributed by atoms with van der Waals surface area (Å²) in [4.78, 5) is 32.9. The maximum Gasteiger partial charge on any atom is 0.326 e.